The number of aliphatic hydroxyl groups excluding tert-OH is 2. The van der Waals surface area contributed by atoms with Gasteiger partial charge in [-0.25, -0.2) is 0 Å². The van der Waals surface area contributed by atoms with Crippen LogP contribution in [0.2, 0.25) is 0 Å². The molecule has 1 fully saturated rings. The molecule has 0 spiro atoms. The van der Waals surface area contributed by atoms with E-state index in [1.165, 1.54) is 0 Å². The van der Waals surface area contributed by atoms with Gasteiger partial charge < -0.3 is 14.9 Å². The molecule has 2 atom stereocenters. The molecule has 2 N–H and O–H groups in total. The number of epoxide rings is 1. The van der Waals surface area contributed by atoms with Gasteiger partial charge in [0.15, 0.2) is 0 Å². The molecular formula is C5H10O3. The van der Waals surface area contributed by atoms with Gasteiger partial charge in [-0.1, -0.05) is 0 Å². The lowest BCUT2D eigenvalue weighted by atomic mass is 10.1. The zero-order valence-electron chi connectivity index (χ0n) is 4.79. The highest BCUT2D eigenvalue weighted by atomic mass is 16.6. The maximum absolute atomic E-state index is 8.88. The highest BCUT2D eigenvalue weighted by Gasteiger charge is 2.45. The maximum atomic E-state index is 8.88. The van der Waals surface area contributed by atoms with Crippen LogP contribution < -0.4 is 0 Å². The minimum atomic E-state index is -0.706. The highest BCUT2D eigenvalue weighted by molar-refractivity contribution is 4.93. The Kier molecular flexibility index (Phi) is 1.27. The third kappa shape index (κ3) is 0.844. The molecule has 3 nitrogen and oxygen atoms in total. The van der Waals surface area contributed by atoms with Gasteiger partial charge in [0.1, 0.15) is 11.7 Å². The van der Waals surface area contributed by atoms with Gasteiger partial charge >= 0.3 is 0 Å². The van der Waals surface area contributed by atoms with Crippen molar-refractivity contribution in [3.63, 3.8) is 0 Å². The van der Waals surface area contributed by atoms with Crippen LogP contribution in [0.25, 0.3) is 0 Å². The van der Waals surface area contributed by atoms with Crippen molar-refractivity contribution in [3.8, 4) is 0 Å². The number of aliphatic hydroxyl groups is 2. The predicted octanol–water partition coefficient (Wildman–Crippen LogP) is -0.872. The molecule has 1 aliphatic rings. The van der Waals surface area contributed by atoms with Gasteiger partial charge in [0.2, 0.25) is 0 Å². The molecule has 0 aromatic carbocycles. The summed E-state index contributed by atoms with van der Waals surface area (Å²) in [6.45, 7) is 2.12. The van der Waals surface area contributed by atoms with Crippen LogP contribution in [0.15, 0.2) is 0 Å². The number of rotatable bonds is 2. The molecule has 0 aliphatic carbocycles. The van der Waals surface area contributed by atoms with Crippen LogP contribution in [-0.2, 0) is 4.74 Å². The van der Waals surface area contributed by atoms with E-state index in [0.717, 1.165) is 0 Å². The molecule has 0 aromatic rings. The molecule has 3 heteroatoms. The Labute approximate surface area is 47.9 Å². The Bertz CT molecular complexity index is 87.7. The minimum absolute atomic E-state index is 0.212. The first kappa shape index (κ1) is 6.01. The van der Waals surface area contributed by atoms with E-state index in [1.54, 1.807) is 6.92 Å². The molecule has 0 aromatic heterocycles. The third-order valence-electron chi connectivity index (χ3n) is 1.48. The smallest absolute Gasteiger partial charge is 0.117 e. The normalized spacial score (nSPS) is 39.4. The van der Waals surface area contributed by atoms with Crippen LogP contribution in [0, 0.1) is 0 Å². The molecule has 1 saturated heterocycles. The van der Waals surface area contributed by atoms with Gasteiger partial charge in [-0.05, 0) is 6.92 Å². The third-order valence-corrected chi connectivity index (χ3v) is 1.48. The van der Waals surface area contributed by atoms with Crippen LogP contribution >= 0.6 is 0 Å². The fourth-order valence-electron chi connectivity index (χ4n) is 0.499. The van der Waals surface area contributed by atoms with E-state index in [4.69, 9.17) is 14.9 Å². The zero-order valence-corrected chi connectivity index (χ0v) is 4.79. The molecule has 1 heterocycles. The van der Waals surface area contributed by atoms with Crippen molar-refractivity contribution in [1.82, 2.24) is 0 Å². The number of hydrogen-bond acceptors (Lipinski definition) is 3. The molecule has 0 saturated carbocycles. The van der Waals surface area contributed by atoms with Crippen molar-refractivity contribution >= 4 is 0 Å². The maximum Gasteiger partial charge on any atom is 0.117 e. The largest absolute Gasteiger partial charge is 0.394 e. The van der Waals surface area contributed by atoms with E-state index in [-0.39, 0.29) is 6.61 Å². The molecule has 0 radical (unpaired) electrons. The van der Waals surface area contributed by atoms with E-state index >= 15 is 0 Å². The first-order valence-electron chi connectivity index (χ1n) is 2.62. The van der Waals surface area contributed by atoms with Crippen molar-refractivity contribution in [2.24, 2.45) is 0 Å². The Morgan fingerprint density at radius 1 is 1.88 bits per heavy atom. The molecule has 0 amide bonds. The molecule has 0 unspecified atom stereocenters. The summed E-state index contributed by atoms with van der Waals surface area (Å²) in [4.78, 5) is 0. The topological polar surface area (TPSA) is 53.0 Å². The summed E-state index contributed by atoms with van der Waals surface area (Å²) in [6.07, 6.45) is -0.706. The van der Waals surface area contributed by atoms with Gasteiger partial charge in [-0.15, -0.1) is 0 Å². The molecule has 48 valence electrons. The predicted molar refractivity (Wildman–Crippen MR) is 27.4 cm³/mol. The van der Waals surface area contributed by atoms with E-state index < -0.39 is 11.7 Å². The van der Waals surface area contributed by atoms with Crippen LogP contribution in [0.5, 0.6) is 0 Å². The van der Waals surface area contributed by atoms with Crippen molar-refractivity contribution in [2.45, 2.75) is 18.6 Å². The Morgan fingerprint density at radius 3 is 2.50 bits per heavy atom. The molecule has 1 rings (SSSR count). The molecule has 0 bridgehead atoms. The van der Waals surface area contributed by atoms with Crippen molar-refractivity contribution in [1.29, 1.82) is 0 Å². The second-order valence-electron chi connectivity index (χ2n) is 2.30. The molecule has 8 heavy (non-hydrogen) atoms. The fourth-order valence-corrected chi connectivity index (χ4v) is 0.499. The van der Waals surface area contributed by atoms with Crippen LogP contribution in [-0.4, -0.2) is 35.1 Å². The zero-order chi connectivity index (χ0) is 6.20. The summed E-state index contributed by atoms with van der Waals surface area (Å²) in [5.74, 6) is 0. The lowest BCUT2D eigenvalue weighted by Crippen LogP contribution is -2.29. The van der Waals surface area contributed by atoms with Crippen molar-refractivity contribution in [2.75, 3.05) is 13.2 Å². The first-order valence-corrected chi connectivity index (χ1v) is 2.62. The average Bonchev–Trinajstić information content (AvgIpc) is 2.47. The van der Waals surface area contributed by atoms with Gasteiger partial charge in [0, 0.05) is 0 Å². The Hall–Kier alpha value is -0.120. The SMILES string of the molecule is C[C@]1([C@@H](O)CO)CO1. The highest BCUT2D eigenvalue weighted by Crippen LogP contribution is 2.29. The summed E-state index contributed by atoms with van der Waals surface area (Å²) in [5.41, 5.74) is -0.436. The van der Waals surface area contributed by atoms with Crippen LogP contribution in [0.3, 0.4) is 0 Å². The number of ether oxygens (including phenoxy) is 1. The molecule has 1 aliphatic heterocycles. The lowest BCUT2D eigenvalue weighted by molar-refractivity contribution is 0.0338. The second-order valence-corrected chi connectivity index (χ2v) is 2.30. The standard InChI is InChI=1S/C5H10O3/c1-5(3-8-5)4(7)2-6/h4,6-7H,2-3H2,1H3/t4-,5+/m0/s1. The lowest BCUT2D eigenvalue weighted by Gasteiger charge is -2.09. The van der Waals surface area contributed by atoms with E-state index in [1.807, 2.05) is 0 Å². The number of hydrogen-bond donors (Lipinski definition) is 2. The van der Waals surface area contributed by atoms with E-state index in [2.05, 4.69) is 0 Å². The quantitative estimate of drug-likeness (QED) is 0.463. The van der Waals surface area contributed by atoms with Gasteiger partial charge in [0.25, 0.3) is 0 Å². The van der Waals surface area contributed by atoms with Gasteiger partial charge in [-0.3, -0.25) is 0 Å². The van der Waals surface area contributed by atoms with Crippen LogP contribution in [0.4, 0.5) is 0 Å². The van der Waals surface area contributed by atoms with E-state index in [0.29, 0.717) is 6.61 Å². The Balaban J connectivity index is 2.34. The average molecular weight is 118 g/mol. The monoisotopic (exact) mass is 118 g/mol. The van der Waals surface area contributed by atoms with Crippen molar-refractivity contribution in [3.05, 3.63) is 0 Å². The fraction of sp³-hybridized carbons (Fsp3) is 1.00. The van der Waals surface area contributed by atoms with Gasteiger partial charge in [0.05, 0.1) is 13.2 Å². The molecular weight excluding hydrogens is 108 g/mol. The minimum Gasteiger partial charge on any atom is -0.394 e. The Morgan fingerprint density at radius 2 is 2.38 bits per heavy atom. The summed E-state index contributed by atoms with van der Waals surface area (Å²) in [7, 11) is 0. The van der Waals surface area contributed by atoms with E-state index in [9.17, 15) is 0 Å². The van der Waals surface area contributed by atoms with Gasteiger partial charge in [-0.2, -0.15) is 0 Å². The van der Waals surface area contributed by atoms with Crippen LogP contribution in [0.1, 0.15) is 6.92 Å². The first-order chi connectivity index (χ1) is 3.69. The summed E-state index contributed by atoms with van der Waals surface area (Å²) >= 11 is 0. The summed E-state index contributed by atoms with van der Waals surface area (Å²) in [6, 6.07) is 0. The second kappa shape index (κ2) is 1.69. The summed E-state index contributed by atoms with van der Waals surface area (Å²) < 4.78 is 4.84. The van der Waals surface area contributed by atoms with Crippen molar-refractivity contribution < 1.29 is 14.9 Å². The summed E-state index contributed by atoms with van der Waals surface area (Å²) in [5, 5.41) is 17.3.